The summed E-state index contributed by atoms with van der Waals surface area (Å²) in [6.07, 6.45) is 6.45. The summed E-state index contributed by atoms with van der Waals surface area (Å²) < 4.78 is 4.80. The molecule has 0 radical (unpaired) electrons. The number of terminal acetylenes is 1. The molecule has 14 heavy (non-hydrogen) atoms. The lowest BCUT2D eigenvalue weighted by Crippen LogP contribution is -2.15. The van der Waals surface area contributed by atoms with Crippen molar-refractivity contribution in [2.75, 3.05) is 6.61 Å². The van der Waals surface area contributed by atoms with Crippen LogP contribution in [0.15, 0.2) is 0 Å². The summed E-state index contributed by atoms with van der Waals surface area (Å²) in [5.74, 6) is 2.43. The molecule has 0 aromatic carbocycles. The molecular formula is C12H20O2. The second-order valence-electron chi connectivity index (χ2n) is 4.94. The van der Waals surface area contributed by atoms with Gasteiger partial charge in [0.2, 0.25) is 0 Å². The molecule has 0 aromatic heterocycles. The van der Waals surface area contributed by atoms with Crippen LogP contribution in [0.2, 0.25) is 0 Å². The van der Waals surface area contributed by atoms with Crippen molar-refractivity contribution in [2.24, 2.45) is 11.3 Å². The maximum Gasteiger partial charge on any atom is 0.307 e. The average molecular weight is 196 g/mol. The third kappa shape index (κ3) is 7.67. The maximum atomic E-state index is 11.2. The molecule has 0 aliphatic rings. The van der Waals surface area contributed by atoms with Gasteiger partial charge in [-0.15, -0.1) is 6.42 Å². The van der Waals surface area contributed by atoms with Gasteiger partial charge in [-0.25, -0.2) is 0 Å². The van der Waals surface area contributed by atoms with Crippen LogP contribution in [-0.2, 0) is 9.53 Å². The molecule has 1 atom stereocenters. The van der Waals surface area contributed by atoms with Gasteiger partial charge in [-0.1, -0.05) is 33.6 Å². The van der Waals surface area contributed by atoms with Crippen LogP contribution in [0.5, 0.6) is 0 Å². The van der Waals surface area contributed by atoms with Gasteiger partial charge < -0.3 is 4.74 Å². The van der Waals surface area contributed by atoms with Gasteiger partial charge in [-0.05, 0) is 17.8 Å². The van der Waals surface area contributed by atoms with Crippen LogP contribution >= 0.6 is 0 Å². The second kappa shape index (κ2) is 5.70. The number of hydrogen-bond donors (Lipinski definition) is 0. The normalized spacial score (nSPS) is 13.1. The van der Waals surface area contributed by atoms with E-state index in [-0.39, 0.29) is 18.0 Å². The first-order chi connectivity index (χ1) is 6.35. The first-order valence-corrected chi connectivity index (χ1v) is 4.94. The van der Waals surface area contributed by atoms with Gasteiger partial charge in [0.1, 0.15) is 0 Å². The first kappa shape index (κ1) is 13.0. The van der Waals surface area contributed by atoms with E-state index >= 15 is 0 Å². The molecule has 0 saturated heterocycles. The molecule has 0 bridgehead atoms. The molecule has 80 valence electrons. The minimum absolute atomic E-state index is 0.0844. The molecule has 0 N–H and O–H groups in total. The van der Waals surface area contributed by atoms with Crippen LogP contribution in [0, 0.1) is 23.7 Å². The Morgan fingerprint density at radius 2 is 2.07 bits per heavy atom. The van der Waals surface area contributed by atoms with Gasteiger partial charge in [0.15, 0.2) is 6.61 Å². The fourth-order valence-electron chi connectivity index (χ4n) is 1.58. The Labute approximate surface area is 87.0 Å². The highest BCUT2D eigenvalue weighted by molar-refractivity contribution is 5.69. The lowest BCUT2D eigenvalue weighted by atomic mass is 9.84. The van der Waals surface area contributed by atoms with E-state index in [1.165, 1.54) is 0 Å². The average Bonchev–Trinajstić information content (AvgIpc) is 1.96. The van der Waals surface area contributed by atoms with Crippen molar-refractivity contribution in [2.45, 2.75) is 40.5 Å². The summed E-state index contributed by atoms with van der Waals surface area (Å²) in [6.45, 7) is 8.63. The van der Waals surface area contributed by atoms with Gasteiger partial charge in [0.05, 0.1) is 0 Å². The van der Waals surface area contributed by atoms with E-state index in [1.54, 1.807) is 0 Å². The molecule has 0 rings (SSSR count). The molecule has 2 nitrogen and oxygen atoms in total. The SMILES string of the molecule is C#CCOC(=O)CC(C)CC(C)(C)C. The topological polar surface area (TPSA) is 26.3 Å². The lowest BCUT2D eigenvalue weighted by molar-refractivity contribution is -0.143. The monoisotopic (exact) mass is 196 g/mol. The molecule has 0 saturated carbocycles. The predicted molar refractivity (Wildman–Crippen MR) is 57.6 cm³/mol. The molecule has 0 heterocycles. The van der Waals surface area contributed by atoms with Crippen LogP contribution in [0.3, 0.4) is 0 Å². The highest BCUT2D eigenvalue weighted by Gasteiger charge is 2.18. The Kier molecular flexibility index (Phi) is 5.30. The zero-order valence-corrected chi connectivity index (χ0v) is 9.59. The van der Waals surface area contributed by atoms with Crippen molar-refractivity contribution in [1.29, 1.82) is 0 Å². The van der Waals surface area contributed by atoms with E-state index in [4.69, 9.17) is 11.2 Å². The maximum absolute atomic E-state index is 11.2. The predicted octanol–water partition coefficient (Wildman–Crippen LogP) is 2.63. The molecular weight excluding hydrogens is 176 g/mol. The lowest BCUT2D eigenvalue weighted by Gasteiger charge is -2.22. The number of esters is 1. The Hall–Kier alpha value is -0.970. The van der Waals surface area contributed by atoms with Crippen molar-refractivity contribution in [3.8, 4) is 12.3 Å². The molecule has 0 fully saturated rings. The summed E-state index contributed by atoms with van der Waals surface area (Å²) in [7, 11) is 0. The van der Waals surface area contributed by atoms with Crippen LogP contribution in [0.1, 0.15) is 40.5 Å². The van der Waals surface area contributed by atoms with Gasteiger partial charge >= 0.3 is 5.97 Å². The van der Waals surface area contributed by atoms with E-state index in [0.717, 1.165) is 6.42 Å². The van der Waals surface area contributed by atoms with E-state index in [2.05, 4.69) is 33.6 Å². The Morgan fingerprint density at radius 1 is 1.50 bits per heavy atom. The summed E-state index contributed by atoms with van der Waals surface area (Å²) in [6, 6.07) is 0. The van der Waals surface area contributed by atoms with E-state index < -0.39 is 0 Å². The zero-order chi connectivity index (χ0) is 11.2. The molecule has 0 aromatic rings. The summed E-state index contributed by atoms with van der Waals surface area (Å²) in [5.41, 5.74) is 0.256. The minimum atomic E-state index is -0.195. The van der Waals surface area contributed by atoms with E-state index in [1.807, 2.05) is 0 Å². The molecule has 0 amide bonds. The zero-order valence-electron chi connectivity index (χ0n) is 9.59. The highest BCUT2D eigenvalue weighted by atomic mass is 16.5. The van der Waals surface area contributed by atoms with Crippen molar-refractivity contribution in [3.05, 3.63) is 0 Å². The molecule has 1 unspecified atom stereocenters. The van der Waals surface area contributed by atoms with Crippen molar-refractivity contribution in [1.82, 2.24) is 0 Å². The highest BCUT2D eigenvalue weighted by Crippen LogP contribution is 2.25. The number of ether oxygens (including phenoxy) is 1. The first-order valence-electron chi connectivity index (χ1n) is 4.94. The Morgan fingerprint density at radius 3 is 2.50 bits per heavy atom. The van der Waals surface area contributed by atoms with Crippen LogP contribution in [0.25, 0.3) is 0 Å². The standard InChI is InChI=1S/C12H20O2/c1-6-7-14-11(13)8-10(2)9-12(3,4)5/h1,10H,7-9H2,2-5H3. The fourth-order valence-corrected chi connectivity index (χ4v) is 1.58. The third-order valence-electron chi connectivity index (χ3n) is 1.79. The van der Waals surface area contributed by atoms with E-state index in [0.29, 0.717) is 12.3 Å². The van der Waals surface area contributed by atoms with Crippen LogP contribution < -0.4 is 0 Å². The molecule has 0 aliphatic carbocycles. The molecule has 2 heteroatoms. The smallest absolute Gasteiger partial charge is 0.307 e. The Bertz CT molecular complexity index is 217. The molecule has 0 aliphatic heterocycles. The number of carbonyl (C=O) groups excluding carboxylic acids is 1. The summed E-state index contributed by atoms with van der Waals surface area (Å²) in [5, 5.41) is 0. The number of hydrogen-bond acceptors (Lipinski definition) is 2. The fraction of sp³-hybridized carbons (Fsp3) is 0.750. The molecule has 0 spiro atoms. The van der Waals surface area contributed by atoms with Crippen molar-refractivity contribution >= 4 is 5.97 Å². The minimum Gasteiger partial charge on any atom is -0.452 e. The largest absolute Gasteiger partial charge is 0.452 e. The quantitative estimate of drug-likeness (QED) is 0.510. The second-order valence-corrected chi connectivity index (χ2v) is 4.94. The summed E-state index contributed by atoms with van der Waals surface area (Å²) >= 11 is 0. The number of rotatable bonds is 4. The van der Waals surface area contributed by atoms with Gasteiger partial charge in [0.25, 0.3) is 0 Å². The van der Waals surface area contributed by atoms with Crippen LogP contribution in [-0.4, -0.2) is 12.6 Å². The van der Waals surface area contributed by atoms with Crippen molar-refractivity contribution < 1.29 is 9.53 Å². The van der Waals surface area contributed by atoms with Gasteiger partial charge in [-0.2, -0.15) is 0 Å². The van der Waals surface area contributed by atoms with E-state index in [9.17, 15) is 4.79 Å². The van der Waals surface area contributed by atoms with Gasteiger partial charge in [0, 0.05) is 6.42 Å². The summed E-state index contributed by atoms with van der Waals surface area (Å²) in [4.78, 5) is 11.2. The van der Waals surface area contributed by atoms with Gasteiger partial charge in [-0.3, -0.25) is 4.79 Å². The van der Waals surface area contributed by atoms with Crippen molar-refractivity contribution in [3.63, 3.8) is 0 Å². The number of carbonyl (C=O) groups is 1. The Balaban J connectivity index is 3.78. The van der Waals surface area contributed by atoms with Crippen LogP contribution in [0.4, 0.5) is 0 Å². The third-order valence-corrected chi connectivity index (χ3v) is 1.79.